The maximum Gasteiger partial charge on any atom is 0.250 e. The SMILES string of the molecule is Cc1ccccc1[C@@H]1C(/C=N\NC(=O)CSc2nc3ccccc3s2)=C(c2cccs2)Oc2ccccc21. The van der Waals surface area contributed by atoms with E-state index in [0.717, 1.165) is 42.1 Å². The Balaban J connectivity index is 1.28. The number of thiophene rings is 1. The van der Waals surface area contributed by atoms with Crippen LogP contribution >= 0.6 is 34.4 Å². The molecule has 188 valence electrons. The van der Waals surface area contributed by atoms with E-state index in [-0.39, 0.29) is 17.6 Å². The normalized spacial score (nSPS) is 15.0. The Morgan fingerprint density at radius 3 is 2.63 bits per heavy atom. The maximum atomic E-state index is 12.7. The summed E-state index contributed by atoms with van der Waals surface area (Å²) in [5.41, 5.74) is 7.99. The fraction of sp³-hybridized carbons (Fsp3) is 0.100. The Labute approximate surface area is 232 Å². The standard InChI is InChI=1S/C30H23N3O2S3/c1-19-9-2-3-10-20(19)28-21-11-4-6-13-24(21)35-29(26-15-8-16-36-26)22(28)17-31-33-27(34)18-37-30-32-23-12-5-7-14-25(23)38-30/h2-17,28H,18H2,1H3,(H,33,34)/b31-17-/t28-/m0/s1. The number of allylic oxidation sites excluding steroid dienone is 1. The zero-order chi connectivity index (χ0) is 25.9. The van der Waals surface area contributed by atoms with Gasteiger partial charge in [-0.05, 0) is 47.7 Å². The topological polar surface area (TPSA) is 63.6 Å². The second-order valence-electron chi connectivity index (χ2n) is 8.72. The van der Waals surface area contributed by atoms with E-state index >= 15 is 0 Å². The Bertz CT molecular complexity index is 1640. The van der Waals surface area contributed by atoms with Gasteiger partial charge in [-0.2, -0.15) is 5.10 Å². The molecule has 1 aliphatic heterocycles. The predicted molar refractivity (Wildman–Crippen MR) is 158 cm³/mol. The van der Waals surface area contributed by atoms with Crippen LogP contribution in [0.15, 0.2) is 105 Å². The summed E-state index contributed by atoms with van der Waals surface area (Å²) < 4.78 is 8.43. The summed E-state index contributed by atoms with van der Waals surface area (Å²) >= 11 is 4.62. The molecule has 0 spiro atoms. The number of amides is 1. The molecule has 1 aliphatic rings. The van der Waals surface area contributed by atoms with E-state index in [1.54, 1.807) is 28.9 Å². The number of carbonyl (C=O) groups is 1. The van der Waals surface area contributed by atoms with E-state index < -0.39 is 0 Å². The highest BCUT2D eigenvalue weighted by molar-refractivity contribution is 8.01. The minimum Gasteiger partial charge on any atom is -0.455 e. The number of hydrogen-bond acceptors (Lipinski definition) is 7. The van der Waals surface area contributed by atoms with E-state index in [2.05, 4.69) is 46.7 Å². The number of carbonyl (C=O) groups excluding carboxylic acids is 1. The van der Waals surface area contributed by atoms with Crippen molar-refractivity contribution in [1.29, 1.82) is 0 Å². The first-order chi connectivity index (χ1) is 18.7. The molecular weight excluding hydrogens is 531 g/mol. The number of hydrazone groups is 1. The van der Waals surface area contributed by atoms with Crippen molar-refractivity contribution < 1.29 is 9.53 Å². The molecule has 0 unspecified atom stereocenters. The average Bonchev–Trinajstić information content (AvgIpc) is 3.62. The van der Waals surface area contributed by atoms with Gasteiger partial charge in [0.1, 0.15) is 11.5 Å². The summed E-state index contributed by atoms with van der Waals surface area (Å²) in [6, 6.07) is 28.5. The van der Waals surface area contributed by atoms with Crippen molar-refractivity contribution in [2.24, 2.45) is 5.10 Å². The third-order valence-electron chi connectivity index (χ3n) is 6.25. The smallest absolute Gasteiger partial charge is 0.250 e. The molecule has 0 saturated heterocycles. The maximum absolute atomic E-state index is 12.7. The van der Waals surface area contributed by atoms with E-state index in [1.165, 1.54) is 22.9 Å². The number of thioether (sulfide) groups is 1. The molecular formula is C30H23N3O2S3. The molecule has 0 fully saturated rings. The van der Waals surface area contributed by atoms with Crippen molar-refractivity contribution in [3.63, 3.8) is 0 Å². The number of fused-ring (bicyclic) bond motifs is 2. The van der Waals surface area contributed by atoms with Crippen molar-refractivity contribution in [1.82, 2.24) is 10.4 Å². The lowest BCUT2D eigenvalue weighted by Crippen LogP contribution is -2.22. The van der Waals surface area contributed by atoms with Gasteiger partial charge >= 0.3 is 0 Å². The van der Waals surface area contributed by atoms with Crippen LogP contribution in [0.5, 0.6) is 5.75 Å². The first kappa shape index (κ1) is 24.6. The van der Waals surface area contributed by atoms with Gasteiger partial charge in [-0.1, -0.05) is 72.4 Å². The highest BCUT2D eigenvalue weighted by Crippen LogP contribution is 2.46. The van der Waals surface area contributed by atoms with E-state index in [1.807, 2.05) is 66.0 Å². The fourth-order valence-corrected chi connectivity index (χ4v) is 7.09. The van der Waals surface area contributed by atoms with Gasteiger partial charge in [-0.3, -0.25) is 4.79 Å². The van der Waals surface area contributed by atoms with Crippen LogP contribution in [0.3, 0.4) is 0 Å². The lowest BCUT2D eigenvalue weighted by atomic mass is 9.80. The van der Waals surface area contributed by atoms with Gasteiger partial charge in [-0.15, -0.1) is 22.7 Å². The molecule has 1 atom stereocenters. The number of nitrogens with zero attached hydrogens (tertiary/aromatic N) is 2. The molecule has 8 heteroatoms. The molecule has 3 heterocycles. The Morgan fingerprint density at radius 2 is 1.82 bits per heavy atom. The Hall–Kier alpha value is -3.72. The van der Waals surface area contributed by atoms with Gasteiger partial charge in [0.15, 0.2) is 4.34 Å². The van der Waals surface area contributed by atoms with Crippen LogP contribution in [0.1, 0.15) is 27.5 Å². The number of ether oxygens (including phenoxy) is 1. The number of nitrogens with one attached hydrogen (secondary N) is 1. The van der Waals surface area contributed by atoms with Crippen molar-refractivity contribution in [3.05, 3.63) is 117 Å². The van der Waals surface area contributed by atoms with E-state index in [4.69, 9.17) is 4.74 Å². The summed E-state index contributed by atoms with van der Waals surface area (Å²) in [6.07, 6.45) is 1.74. The van der Waals surface area contributed by atoms with Gasteiger partial charge < -0.3 is 4.74 Å². The van der Waals surface area contributed by atoms with Crippen LogP contribution in [0.4, 0.5) is 0 Å². The first-order valence-corrected chi connectivity index (χ1v) is 14.8. The number of para-hydroxylation sites is 2. The molecule has 0 bridgehead atoms. The van der Waals surface area contributed by atoms with Gasteiger partial charge in [0, 0.05) is 17.1 Å². The Kier molecular flexibility index (Phi) is 7.09. The van der Waals surface area contributed by atoms with Crippen molar-refractivity contribution in [3.8, 4) is 5.75 Å². The molecule has 0 saturated carbocycles. The molecule has 3 aromatic carbocycles. The van der Waals surface area contributed by atoms with Crippen LogP contribution in [0.25, 0.3) is 16.0 Å². The third kappa shape index (κ3) is 5.03. The van der Waals surface area contributed by atoms with Crippen LogP contribution in [-0.2, 0) is 4.79 Å². The lowest BCUT2D eigenvalue weighted by Gasteiger charge is -2.30. The molecule has 0 aliphatic carbocycles. The number of benzene rings is 3. The zero-order valence-electron chi connectivity index (χ0n) is 20.5. The quantitative estimate of drug-likeness (QED) is 0.129. The lowest BCUT2D eigenvalue weighted by molar-refractivity contribution is -0.118. The number of aromatic nitrogens is 1. The van der Waals surface area contributed by atoms with Crippen molar-refractivity contribution >= 4 is 62.5 Å². The average molecular weight is 554 g/mol. The highest BCUT2D eigenvalue weighted by Gasteiger charge is 2.32. The fourth-order valence-electron chi connectivity index (χ4n) is 4.50. The van der Waals surface area contributed by atoms with Gasteiger partial charge in [-0.25, -0.2) is 10.4 Å². The zero-order valence-corrected chi connectivity index (χ0v) is 22.9. The molecule has 5 aromatic rings. The predicted octanol–water partition coefficient (Wildman–Crippen LogP) is 7.50. The van der Waals surface area contributed by atoms with Crippen molar-refractivity contribution in [2.75, 3.05) is 5.75 Å². The summed E-state index contributed by atoms with van der Waals surface area (Å²) in [6.45, 7) is 2.12. The molecule has 5 nitrogen and oxygen atoms in total. The Morgan fingerprint density at radius 1 is 1.03 bits per heavy atom. The number of thiazole rings is 1. The highest BCUT2D eigenvalue weighted by atomic mass is 32.2. The molecule has 38 heavy (non-hydrogen) atoms. The minimum absolute atomic E-state index is 0.0870. The molecule has 2 aromatic heterocycles. The van der Waals surface area contributed by atoms with Gasteiger partial charge in [0.2, 0.25) is 0 Å². The summed E-state index contributed by atoms with van der Waals surface area (Å²) in [4.78, 5) is 18.3. The second-order valence-corrected chi connectivity index (χ2v) is 11.9. The molecule has 1 N–H and O–H groups in total. The van der Waals surface area contributed by atoms with Crippen molar-refractivity contribution in [2.45, 2.75) is 17.2 Å². The molecule has 1 amide bonds. The first-order valence-electron chi connectivity index (χ1n) is 12.1. The van der Waals surface area contributed by atoms with Gasteiger partial charge in [0.05, 0.1) is 27.1 Å². The number of rotatable bonds is 7. The van der Waals surface area contributed by atoms with Crippen LogP contribution in [-0.4, -0.2) is 22.9 Å². The number of hydrogen-bond donors (Lipinski definition) is 1. The van der Waals surface area contributed by atoms with Crippen LogP contribution in [0.2, 0.25) is 0 Å². The molecule has 6 rings (SSSR count). The molecule has 0 radical (unpaired) electrons. The van der Waals surface area contributed by atoms with E-state index in [9.17, 15) is 4.79 Å². The monoisotopic (exact) mass is 553 g/mol. The van der Waals surface area contributed by atoms with E-state index in [0.29, 0.717) is 0 Å². The number of aryl methyl sites for hydroxylation is 1. The van der Waals surface area contributed by atoms with Crippen LogP contribution < -0.4 is 10.2 Å². The van der Waals surface area contributed by atoms with Crippen LogP contribution in [0, 0.1) is 6.92 Å². The summed E-state index contributed by atoms with van der Waals surface area (Å²) in [5.74, 6) is 1.55. The summed E-state index contributed by atoms with van der Waals surface area (Å²) in [5, 5.41) is 6.43. The van der Waals surface area contributed by atoms with Gasteiger partial charge in [0.25, 0.3) is 5.91 Å². The third-order valence-corrected chi connectivity index (χ3v) is 9.30. The minimum atomic E-state index is -0.187. The summed E-state index contributed by atoms with van der Waals surface area (Å²) in [7, 11) is 0. The second kappa shape index (κ2) is 10.9. The largest absolute Gasteiger partial charge is 0.455 e.